The molecular weight excluding hydrogens is 476 g/mol. The van der Waals surface area contributed by atoms with E-state index in [1.54, 1.807) is 30.3 Å². The number of para-hydroxylation sites is 2. The van der Waals surface area contributed by atoms with Gasteiger partial charge in [0.25, 0.3) is 0 Å². The van der Waals surface area contributed by atoms with Gasteiger partial charge in [0.15, 0.2) is 17.5 Å². The number of hydrogen-bond donors (Lipinski definition) is 3. The molecule has 0 saturated heterocycles. The van der Waals surface area contributed by atoms with E-state index in [9.17, 15) is 4.79 Å². The smallest absolute Gasteiger partial charge is 0.313 e. The summed E-state index contributed by atoms with van der Waals surface area (Å²) in [5.41, 5.74) is 16.7. The fraction of sp³-hybridized carbons (Fsp3) is 0.200. The second-order valence-corrected chi connectivity index (χ2v) is 9.92. The molecule has 1 aromatic heterocycles. The van der Waals surface area contributed by atoms with Gasteiger partial charge in [-0.05, 0) is 40.8 Å². The summed E-state index contributed by atoms with van der Waals surface area (Å²) in [6.45, 7) is 6.45. The van der Waals surface area contributed by atoms with Gasteiger partial charge in [-0.15, -0.1) is 10.2 Å². The van der Waals surface area contributed by atoms with Gasteiger partial charge in [0.1, 0.15) is 0 Å². The quantitative estimate of drug-likeness (QED) is 0.130. The van der Waals surface area contributed by atoms with Gasteiger partial charge in [-0.3, -0.25) is 4.79 Å². The van der Waals surface area contributed by atoms with Gasteiger partial charge >= 0.3 is 5.97 Å². The van der Waals surface area contributed by atoms with Gasteiger partial charge in [0.05, 0.1) is 17.8 Å². The first-order valence-electron chi connectivity index (χ1n) is 12.3. The number of esters is 1. The van der Waals surface area contributed by atoms with Crippen molar-refractivity contribution in [2.24, 2.45) is 16.5 Å². The van der Waals surface area contributed by atoms with Gasteiger partial charge in [-0.1, -0.05) is 87.5 Å². The number of nitrogens with two attached hydrogens (primary N) is 2. The summed E-state index contributed by atoms with van der Waals surface area (Å²) in [4.78, 5) is 17.0. The van der Waals surface area contributed by atoms with Crippen LogP contribution in [0.5, 0.6) is 5.75 Å². The molecule has 4 aromatic rings. The number of benzene rings is 3. The molecule has 8 nitrogen and oxygen atoms in total. The number of ether oxygens (including phenoxy) is 1. The van der Waals surface area contributed by atoms with Crippen LogP contribution in [0.3, 0.4) is 0 Å². The maximum Gasteiger partial charge on any atom is 0.313 e. The summed E-state index contributed by atoms with van der Waals surface area (Å²) < 4.78 is 5.61. The Kier molecular flexibility index (Phi) is 8.13. The molecule has 0 aliphatic carbocycles. The number of rotatable bonds is 7. The third kappa shape index (κ3) is 7.02. The molecule has 8 heteroatoms. The monoisotopic (exact) mass is 508 g/mol. The fourth-order valence-corrected chi connectivity index (χ4v) is 3.79. The third-order valence-corrected chi connectivity index (χ3v) is 5.92. The highest BCUT2D eigenvalue weighted by molar-refractivity contribution is 5.95. The largest absolute Gasteiger partial charge is 0.424 e. The Morgan fingerprint density at radius 1 is 0.921 bits per heavy atom. The number of hydrogen-bond acceptors (Lipinski definition) is 6. The van der Waals surface area contributed by atoms with Crippen LogP contribution in [0.15, 0.2) is 96.0 Å². The molecule has 38 heavy (non-hydrogen) atoms. The van der Waals surface area contributed by atoms with E-state index >= 15 is 0 Å². The number of carbonyl (C=O) groups excluding carboxylic acids is 1. The van der Waals surface area contributed by atoms with Crippen LogP contribution in [0.2, 0.25) is 0 Å². The maximum absolute atomic E-state index is 12.7. The minimum absolute atomic E-state index is 0.0239. The van der Waals surface area contributed by atoms with Gasteiger partial charge in [0.2, 0.25) is 0 Å². The molecule has 1 atom stereocenters. The molecule has 0 aliphatic rings. The lowest BCUT2D eigenvalue weighted by molar-refractivity contribution is -0.134. The zero-order valence-electron chi connectivity index (χ0n) is 21.8. The zero-order chi connectivity index (χ0) is 27.1. The molecule has 0 aliphatic heterocycles. The summed E-state index contributed by atoms with van der Waals surface area (Å²) in [6, 6.07) is 27.8. The molecule has 4 rings (SSSR count). The van der Waals surface area contributed by atoms with E-state index in [1.807, 2.05) is 60.7 Å². The van der Waals surface area contributed by atoms with Crippen molar-refractivity contribution in [2.75, 3.05) is 5.32 Å². The Labute approximate surface area is 222 Å². The SMILES string of the molecule is CC(C)(C)c1ccc(C(N)CC(=O)Oc2ccccc2NC(N)=Nc2ccc(-c3ccccc3)nn2)cc1. The number of guanidine groups is 1. The standard InChI is InChI=1S/C30H32N6O2/c1-30(2,3)22-15-13-20(14-16-22)23(31)19-28(37)38-26-12-8-7-11-25(26)33-29(32)34-27-18-17-24(35-36-27)21-9-5-4-6-10-21/h4-18,23H,19,31H2,1-3H3,(H3,32,33,34,36). The van der Waals surface area contributed by atoms with Crippen molar-refractivity contribution in [3.63, 3.8) is 0 Å². The lowest BCUT2D eigenvalue weighted by atomic mass is 9.86. The Balaban J connectivity index is 1.39. The molecule has 1 heterocycles. The normalized spacial score (nSPS) is 12.6. The summed E-state index contributed by atoms with van der Waals surface area (Å²) in [6.07, 6.45) is 0.0239. The van der Waals surface area contributed by atoms with Crippen molar-refractivity contribution in [2.45, 2.75) is 38.6 Å². The lowest BCUT2D eigenvalue weighted by Crippen LogP contribution is -2.23. The van der Waals surface area contributed by atoms with Crippen LogP contribution < -0.4 is 21.5 Å². The summed E-state index contributed by atoms with van der Waals surface area (Å²) in [5, 5.41) is 11.3. The second kappa shape index (κ2) is 11.7. The predicted octanol–water partition coefficient (Wildman–Crippen LogP) is 5.49. The van der Waals surface area contributed by atoms with E-state index in [2.05, 4.69) is 41.3 Å². The number of nitrogens with zero attached hydrogens (tertiary/aromatic N) is 3. The molecular formula is C30H32N6O2. The van der Waals surface area contributed by atoms with Crippen LogP contribution >= 0.6 is 0 Å². The van der Waals surface area contributed by atoms with E-state index in [1.165, 1.54) is 5.56 Å². The van der Waals surface area contributed by atoms with Crippen LogP contribution in [-0.2, 0) is 10.2 Å². The predicted molar refractivity (Wildman–Crippen MR) is 151 cm³/mol. The average molecular weight is 509 g/mol. The van der Waals surface area contributed by atoms with Crippen molar-refractivity contribution < 1.29 is 9.53 Å². The van der Waals surface area contributed by atoms with Crippen molar-refractivity contribution in [1.82, 2.24) is 10.2 Å². The minimum Gasteiger partial charge on any atom is -0.424 e. The molecule has 0 saturated carbocycles. The third-order valence-electron chi connectivity index (χ3n) is 5.92. The number of aliphatic imine (C=N–C) groups is 1. The number of nitrogens with one attached hydrogen (secondary N) is 1. The van der Waals surface area contributed by atoms with Crippen LogP contribution in [0.4, 0.5) is 11.5 Å². The Hall–Kier alpha value is -4.56. The van der Waals surface area contributed by atoms with Crippen LogP contribution in [0.25, 0.3) is 11.3 Å². The van der Waals surface area contributed by atoms with Crippen LogP contribution in [0, 0.1) is 0 Å². The molecule has 0 spiro atoms. The fourth-order valence-electron chi connectivity index (χ4n) is 3.79. The summed E-state index contributed by atoms with van der Waals surface area (Å²) in [5.74, 6) is 0.277. The first kappa shape index (κ1) is 26.5. The van der Waals surface area contributed by atoms with Crippen molar-refractivity contribution in [1.29, 1.82) is 0 Å². The Morgan fingerprint density at radius 3 is 2.26 bits per heavy atom. The first-order chi connectivity index (χ1) is 18.2. The molecule has 0 fully saturated rings. The van der Waals surface area contributed by atoms with E-state index in [0.29, 0.717) is 17.3 Å². The number of carbonyl (C=O) groups is 1. The highest BCUT2D eigenvalue weighted by Crippen LogP contribution is 2.27. The molecule has 0 bridgehead atoms. The van der Waals surface area contributed by atoms with Gasteiger partial charge in [-0.25, -0.2) is 0 Å². The maximum atomic E-state index is 12.7. The lowest BCUT2D eigenvalue weighted by Gasteiger charge is -2.20. The average Bonchev–Trinajstić information content (AvgIpc) is 2.90. The van der Waals surface area contributed by atoms with Gasteiger partial charge in [0, 0.05) is 11.6 Å². The van der Waals surface area contributed by atoms with Crippen molar-refractivity contribution in [3.05, 3.63) is 102 Å². The van der Waals surface area contributed by atoms with Crippen LogP contribution in [-0.4, -0.2) is 22.1 Å². The first-order valence-corrected chi connectivity index (χ1v) is 12.3. The summed E-state index contributed by atoms with van der Waals surface area (Å²) in [7, 11) is 0. The molecule has 5 N–H and O–H groups in total. The van der Waals surface area contributed by atoms with E-state index in [4.69, 9.17) is 16.2 Å². The molecule has 3 aromatic carbocycles. The molecule has 1 unspecified atom stereocenters. The highest BCUT2D eigenvalue weighted by atomic mass is 16.5. The zero-order valence-corrected chi connectivity index (χ0v) is 21.8. The van der Waals surface area contributed by atoms with Crippen molar-refractivity contribution >= 4 is 23.4 Å². The summed E-state index contributed by atoms with van der Waals surface area (Å²) >= 11 is 0. The molecule has 194 valence electrons. The van der Waals surface area contributed by atoms with Crippen molar-refractivity contribution in [3.8, 4) is 17.0 Å². The highest BCUT2D eigenvalue weighted by Gasteiger charge is 2.18. The van der Waals surface area contributed by atoms with Gasteiger partial charge in [-0.2, -0.15) is 4.99 Å². The Bertz CT molecular complexity index is 1400. The molecule has 0 amide bonds. The topological polar surface area (TPSA) is 129 Å². The molecule has 0 radical (unpaired) electrons. The minimum atomic E-state index is -0.485. The second-order valence-electron chi connectivity index (χ2n) is 9.92. The number of aromatic nitrogens is 2. The van der Waals surface area contributed by atoms with Gasteiger partial charge < -0.3 is 21.5 Å². The van der Waals surface area contributed by atoms with E-state index in [0.717, 1.165) is 16.8 Å². The van der Waals surface area contributed by atoms with Crippen LogP contribution in [0.1, 0.15) is 44.4 Å². The Morgan fingerprint density at radius 2 is 1.61 bits per heavy atom. The van der Waals surface area contributed by atoms with E-state index in [-0.39, 0.29) is 17.8 Å². The van der Waals surface area contributed by atoms with E-state index < -0.39 is 12.0 Å². The number of anilines is 1.